The molecule has 0 bridgehead atoms. The van der Waals surface area contributed by atoms with Crippen molar-refractivity contribution >= 4 is 40.8 Å². The van der Waals surface area contributed by atoms with Crippen LogP contribution in [-0.2, 0) is 36.5 Å². The summed E-state index contributed by atoms with van der Waals surface area (Å²) in [5, 5.41) is 2.33. The van der Waals surface area contributed by atoms with Crippen molar-refractivity contribution in [1.82, 2.24) is 0 Å². The zero-order valence-corrected chi connectivity index (χ0v) is 37.0. The van der Waals surface area contributed by atoms with Gasteiger partial charge >= 0.3 is 13.8 Å². The Morgan fingerprint density at radius 2 is 1.55 bits per heavy atom. The van der Waals surface area contributed by atoms with Gasteiger partial charge in [0.1, 0.15) is 17.8 Å². The third-order valence-corrected chi connectivity index (χ3v) is 21.5. The van der Waals surface area contributed by atoms with E-state index < -0.39 is 54.3 Å². The molecule has 0 spiro atoms. The highest BCUT2D eigenvalue weighted by Crippen LogP contribution is 2.62. The maximum absolute atomic E-state index is 13.7. The van der Waals surface area contributed by atoms with Crippen LogP contribution in [-0.4, -0.2) is 59.7 Å². The zero-order chi connectivity index (χ0) is 40.4. The van der Waals surface area contributed by atoms with Crippen LogP contribution >= 0.6 is 7.82 Å². The van der Waals surface area contributed by atoms with Gasteiger partial charge in [-0.25, -0.2) is 9.36 Å². The molecule has 0 amide bonds. The van der Waals surface area contributed by atoms with Gasteiger partial charge in [-0.05, 0) is 46.5 Å². The zero-order valence-electron chi connectivity index (χ0n) is 34.1. The molecule has 2 aromatic carbocycles. The van der Waals surface area contributed by atoms with E-state index in [1.807, 2.05) is 42.5 Å². The molecule has 1 fully saturated rings. The molecule has 4 rings (SSSR count). The molecule has 0 radical (unpaired) electrons. The van der Waals surface area contributed by atoms with Crippen LogP contribution in [0.3, 0.4) is 0 Å². The van der Waals surface area contributed by atoms with E-state index in [0.717, 1.165) is 0 Å². The van der Waals surface area contributed by atoms with E-state index in [-0.39, 0.29) is 16.7 Å². The number of hydrogen-bond acceptors (Lipinski definition) is 8. The van der Waals surface area contributed by atoms with Crippen LogP contribution in [0, 0.1) is 0 Å². The number of phosphoric ester groups is 1. The third kappa shape index (κ3) is 11.7. The van der Waals surface area contributed by atoms with Crippen LogP contribution < -0.4 is 10.4 Å². The minimum absolute atomic E-state index is 0.000134. The third-order valence-electron chi connectivity index (χ3n) is 10.4. The number of esters is 1. The van der Waals surface area contributed by atoms with E-state index in [2.05, 4.69) is 116 Å². The fraction of sp³-hybridized carbons (Fsp3) is 0.432. The second-order valence-electron chi connectivity index (χ2n) is 16.7. The lowest BCUT2D eigenvalue weighted by Gasteiger charge is -2.42. The second kappa shape index (κ2) is 18.8. The Labute approximate surface area is 331 Å². The largest absolute Gasteiger partial charge is 0.476 e. The Bertz CT molecular complexity index is 1730. The van der Waals surface area contributed by atoms with Crippen molar-refractivity contribution in [2.45, 2.75) is 108 Å². The summed E-state index contributed by atoms with van der Waals surface area (Å²) >= 11 is 0. The summed E-state index contributed by atoms with van der Waals surface area (Å²) in [5.41, 5.74) is -1.16. The first-order valence-electron chi connectivity index (χ1n) is 19.1. The fourth-order valence-electron chi connectivity index (χ4n) is 6.47. The minimum Gasteiger partial charge on any atom is -0.455 e. The molecule has 0 N–H and O–H groups in total. The van der Waals surface area contributed by atoms with Gasteiger partial charge in [-0.3, -0.25) is 13.6 Å². The predicted molar refractivity (Wildman–Crippen MR) is 229 cm³/mol. The number of cyclic esters (lactones) is 1. The first-order chi connectivity index (χ1) is 25.8. The highest BCUT2D eigenvalue weighted by Gasteiger charge is 2.54. The van der Waals surface area contributed by atoms with Crippen molar-refractivity contribution in [2.24, 2.45) is 0 Å². The Balaban J connectivity index is 1.54. The van der Waals surface area contributed by atoms with Gasteiger partial charge in [-0.15, -0.1) is 6.58 Å². The highest BCUT2D eigenvalue weighted by molar-refractivity contribution is 7.48. The van der Waals surface area contributed by atoms with Crippen molar-refractivity contribution in [1.29, 1.82) is 0 Å². The molecule has 2 aromatic rings. The topological polar surface area (TPSA) is 89.5 Å². The molecule has 0 aliphatic carbocycles. The van der Waals surface area contributed by atoms with E-state index >= 15 is 0 Å². The summed E-state index contributed by atoms with van der Waals surface area (Å²) < 4.78 is 50.7. The van der Waals surface area contributed by atoms with Gasteiger partial charge in [0.15, 0.2) is 8.32 Å². The van der Waals surface area contributed by atoms with E-state index in [0.29, 0.717) is 19.4 Å². The van der Waals surface area contributed by atoms with Crippen LogP contribution in [0.5, 0.6) is 0 Å². The van der Waals surface area contributed by atoms with Crippen molar-refractivity contribution in [3.63, 3.8) is 0 Å². The average Bonchev–Trinajstić information content (AvgIpc) is 3.37. The second-order valence-corrected chi connectivity index (χ2v) is 27.3. The van der Waals surface area contributed by atoms with Gasteiger partial charge in [0.05, 0.1) is 19.3 Å². The Kier molecular flexibility index (Phi) is 15.3. The minimum atomic E-state index is -3.94. The summed E-state index contributed by atoms with van der Waals surface area (Å²) in [7, 11) is -8.84. The lowest BCUT2D eigenvalue weighted by atomic mass is 9.93. The van der Waals surface area contributed by atoms with Gasteiger partial charge < -0.3 is 13.6 Å². The number of rotatable bonds is 17. The van der Waals surface area contributed by atoms with Crippen molar-refractivity contribution in [2.75, 3.05) is 13.2 Å². The van der Waals surface area contributed by atoms with Crippen LogP contribution in [0.15, 0.2) is 134 Å². The maximum atomic E-state index is 13.7. The van der Waals surface area contributed by atoms with Crippen molar-refractivity contribution < 1.29 is 36.5 Å². The lowest BCUT2D eigenvalue weighted by Crippen LogP contribution is -2.66. The van der Waals surface area contributed by atoms with E-state index in [4.69, 9.17) is 27.2 Å². The summed E-state index contributed by atoms with van der Waals surface area (Å²) in [4.78, 5) is 11.9. The summed E-state index contributed by atoms with van der Waals surface area (Å²) in [5.74, 6) is -0.409. The molecule has 55 heavy (non-hydrogen) atoms. The number of carbonyl (C=O) groups is 1. The monoisotopic (exact) mass is 804 g/mol. The molecule has 5 atom stereocenters. The molecule has 11 heteroatoms. The molecule has 1 unspecified atom stereocenters. The van der Waals surface area contributed by atoms with Crippen LogP contribution in [0.4, 0.5) is 0 Å². The van der Waals surface area contributed by atoms with Gasteiger partial charge in [-0.2, -0.15) is 0 Å². The number of phosphoric acid groups is 1. The number of hydrogen-bond donors (Lipinski definition) is 0. The molecule has 2 heterocycles. The number of allylic oxidation sites excluding steroid dienone is 4. The highest BCUT2D eigenvalue weighted by atomic mass is 31.2. The van der Waals surface area contributed by atoms with Gasteiger partial charge in [0.25, 0.3) is 8.32 Å². The van der Waals surface area contributed by atoms with Crippen molar-refractivity contribution in [3.05, 3.63) is 134 Å². The SMILES string of the molecule is C=CCOP1(=O)O[C@H](C[C@H](\C=C/C=C\C=C\CO[Si](c2ccccc2)(c2ccccc2)C(C)(C)C)O[Si](C)(C)C(C)(C)C)[C@@](C)(/C=C/[C@H]2CC=CC(=O)O2)O1. The average molecular weight is 805 g/mol. The smallest absolute Gasteiger partial charge is 0.455 e. The van der Waals surface area contributed by atoms with Crippen LogP contribution in [0.25, 0.3) is 0 Å². The van der Waals surface area contributed by atoms with Gasteiger partial charge in [-0.1, -0.05) is 157 Å². The standard InChI is InChI=1S/C44H61O8PSi2/c1-11-33-47-53(46)50-40(44(8,52-53)32-31-36-25-23-30-41(45)49-36)35-37(51-54(9,10)42(2,3)4)24-17-13-12-14-22-34-48-55(43(5,6)7,38-26-18-15-19-27-38)39-28-20-16-21-29-39/h11-24,26-32,36-37,40H,1,25,33-35H2,2-10H3/b13-12-,22-14+,24-17-,32-31+/t36-,37+,40-,44-,53?/m1/s1. The lowest BCUT2D eigenvalue weighted by molar-refractivity contribution is -0.141. The van der Waals surface area contributed by atoms with E-state index in [1.54, 1.807) is 25.2 Å². The molecule has 298 valence electrons. The normalized spacial score (nSPS) is 24.7. The number of carbonyl (C=O) groups excluding carboxylic acids is 1. The summed E-state index contributed by atoms with van der Waals surface area (Å²) in [6.07, 6.45) is 19.5. The predicted octanol–water partition coefficient (Wildman–Crippen LogP) is 9.92. The van der Waals surface area contributed by atoms with E-state index in [1.165, 1.54) is 22.5 Å². The molecule has 0 aromatic heterocycles. The maximum Gasteiger partial charge on any atom is 0.476 e. The first-order valence-corrected chi connectivity index (χ1v) is 25.4. The molecular weight excluding hydrogens is 744 g/mol. The number of benzene rings is 2. The van der Waals surface area contributed by atoms with Crippen LogP contribution in [0.2, 0.25) is 23.2 Å². The van der Waals surface area contributed by atoms with E-state index in [9.17, 15) is 9.36 Å². The first kappa shape index (κ1) is 44.5. The van der Waals surface area contributed by atoms with Crippen molar-refractivity contribution in [3.8, 4) is 0 Å². The summed E-state index contributed by atoms with van der Waals surface area (Å²) in [6, 6.07) is 21.2. The van der Waals surface area contributed by atoms with Gasteiger partial charge in [0.2, 0.25) is 0 Å². The Morgan fingerprint density at radius 3 is 2.11 bits per heavy atom. The Morgan fingerprint density at radius 1 is 0.927 bits per heavy atom. The molecule has 2 aliphatic heterocycles. The van der Waals surface area contributed by atoms with Crippen LogP contribution in [0.1, 0.15) is 61.3 Å². The fourth-order valence-corrected chi connectivity index (χ4v) is 14.0. The molecule has 0 saturated carbocycles. The summed E-state index contributed by atoms with van der Waals surface area (Å²) in [6.45, 7) is 23.7. The quantitative estimate of drug-likeness (QED) is 0.0514. The molecule has 2 aliphatic rings. The molecule has 1 saturated heterocycles. The molecule has 8 nitrogen and oxygen atoms in total. The number of ether oxygens (including phenoxy) is 1. The Hall–Kier alpha value is -3.19. The van der Waals surface area contributed by atoms with Gasteiger partial charge in [0, 0.05) is 18.9 Å². The molecular formula is C44H61O8PSi2.